The van der Waals surface area contributed by atoms with Crippen LogP contribution in [0.1, 0.15) is 39.2 Å². The predicted octanol–water partition coefficient (Wildman–Crippen LogP) is 1.88. The minimum atomic E-state index is -0.955. The Bertz CT molecular complexity index is 585. The number of nitrogens with two attached hydrogens (primary N) is 1. The quantitative estimate of drug-likeness (QED) is 0.873. The minimum Gasteiger partial charge on any atom is -0.338 e. The fraction of sp³-hybridized carbons (Fsp3) is 0.667. The van der Waals surface area contributed by atoms with Gasteiger partial charge in [0.15, 0.2) is 0 Å². The molecule has 3 rings (SSSR count). The largest absolute Gasteiger partial charge is 0.338 e. The Morgan fingerprint density at radius 3 is 2.19 bits per heavy atom. The van der Waals surface area contributed by atoms with Crippen LogP contribution in [0.25, 0.3) is 0 Å². The number of rotatable bonds is 5. The van der Waals surface area contributed by atoms with E-state index in [9.17, 15) is 4.79 Å². The number of nitrogens with zero attached hydrogens (tertiary/aromatic N) is 3. The van der Waals surface area contributed by atoms with E-state index in [1.54, 1.807) is 0 Å². The SMILES string of the molecule is CC1CCC(C)N1CCN1CCN(C(=O)C(C)(N)c2ccccc2)CC1. The van der Waals surface area contributed by atoms with E-state index in [1.165, 1.54) is 12.8 Å². The molecule has 2 aliphatic heterocycles. The zero-order valence-corrected chi connectivity index (χ0v) is 16.5. The molecule has 3 unspecified atom stereocenters. The van der Waals surface area contributed by atoms with Crippen LogP contribution in [0.3, 0.4) is 0 Å². The van der Waals surface area contributed by atoms with Crippen LogP contribution in [0.5, 0.6) is 0 Å². The van der Waals surface area contributed by atoms with Crippen molar-refractivity contribution in [3.05, 3.63) is 35.9 Å². The highest BCUT2D eigenvalue weighted by Gasteiger charge is 2.36. The Kier molecular flexibility index (Phi) is 6.00. The molecule has 1 amide bonds. The van der Waals surface area contributed by atoms with Gasteiger partial charge in [-0.2, -0.15) is 0 Å². The van der Waals surface area contributed by atoms with E-state index in [0.717, 1.165) is 44.8 Å². The molecular weight excluding hydrogens is 324 g/mol. The Morgan fingerprint density at radius 1 is 1.04 bits per heavy atom. The molecule has 2 saturated heterocycles. The van der Waals surface area contributed by atoms with Gasteiger partial charge in [-0.15, -0.1) is 0 Å². The van der Waals surface area contributed by atoms with Crippen molar-refractivity contribution in [2.45, 2.75) is 51.2 Å². The molecule has 2 aliphatic rings. The van der Waals surface area contributed by atoms with E-state index in [2.05, 4.69) is 23.6 Å². The van der Waals surface area contributed by atoms with Crippen LogP contribution in [0.15, 0.2) is 30.3 Å². The standard InChI is InChI=1S/C21H34N4O/c1-17-9-10-18(2)25(17)16-13-23-11-14-24(15-12-23)20(26)21(3,22)19-7-5-4-6-8-19/h4-8,17-18H,9-16,22H2,1-3H3. The van der Waals surface area contributed by atoms with Crippen LogP contribution in [-0.4, -0.2) is 72.0 Å². The summed E-state index contributed by atoms with van der Waals surface area (Å²) in [6.45, 7) is 12.1. The van der Waals surface area contributed by atoms with Crippen molar-refractivity contribution in [2.75, 3.05) is 39.3 Å². The summed E-state index contributed by atoms with van der Waals surface area (Å²) in [4.78, 5) is 20.0. The average molecular weight is 359 g/mol. The maximum Gasteiger partial charge on any atom is 0.247 e. The summed E-state index contributed by atoms with van der Waals surface area (Å²) < 4.78 is 0. The molecular formula is C21H34N4O. The van der Waals surface area contributed by atoms with Gasteiger partial charge in [0.25, 0.3) is 0 Å². The van der Waals surface area contributed by atoms with Crippen molar-refractivity contribution < 1.29 is 4.79 Å². The number of benzene rings is 1. The first-order chi connectivity index (χ1) is 12.4. The third kappa shape index (κ3) is 4.11. The molecule has 0 radical (unpaired) electrons. The molecule has 144 valence electrons. The minimum absolute atomic E-state index is 0.0325. The Morgan fingerprint density at radius 2 is 1.62 bits per heavy atom. The molecule has 26 heavy (non-hydrogen) atoms. The van der Waals surface area contributed by atoms with Crippen LogP contribution in [0, 0.1) is 0 Å². The van der Waals surface area contributed by atoms with Crippen molar-refractivity contribution >= 4 is 5.91 Å². The molecule has 5 nitrogen and oxygen atoms in total. The number of amides is 1. The highest BCUT2D eigenvalue weighted by atomic mass is 16.2. The second kappa shape index (κ2) is 8.07. The third-order valence-electron chi connectivity index (χ3n) is 6.29. The number of carbonyl (C=O) groups excluding carboxylic acids is 1. The molecule has 1 aromatic rings. The number of piperazine rings is 1. The maximum absolute atomic E-state index is 13.0. The van der Waals surface area contributed by atoms with E-state index >= 15 is 0 Å². The van der Waals surface area contributed by atoms with Crippen molar-refractivity contribution in [2.24, 2.45) is 5.73 Å². The molecule has 0 spiro atoms. The van der Waals surface area contributed by atoms with Gasteiger partial charge in [0.2, 0.25) is 5.91 Å². The summed E-state index contributed by atoms with van der Waals surface area (Å²) in [5, 5.41) is 0. The number of likely N-dealkylation sites (tertiary alicyclic amines) is 1. The summed E-state index contributed by atoms with van der Waals surface area (Å²) in [6, 6.07) is 11.1. The third-order valence-corrected chi connectivity index (χ3v) is 6.29. The van der Waals surface area contributed by atoms with Crippen molar-refractivity contribution in [1.82, 2.24) is 14.7 Å². The Labute approximate surface area is 158 Å². The smallest absolute Gasteiger partial charge is 0.247 e. The van der Waals surface area contributed by atoms with E-state index in [0.29, 0.717) is 12.1 Å². The zero-order chi connectivity index (χ0) is 18.7. The molecule has 0 bridgehead atoms. The second-order valence-electron chi connectivity index (χ2n) is 8.22. The second-order valence-corrected chi connectivity index (χ2v) is 8.22. The number of hydrogen-bond acceptors (Lipinski definition) is 4. The molecule has 0 aromatic heterocycles. The van der Waals surface area contributed by atoms with Gasteiger partial charge >= 0.3 is 0 Å². The summed E-state index contributed by atoms with van der Waals surface area (Å²) >= 11 is 0. The summed E-state index contributed by atoms with van der Waals surface area (Å²) in [5.74, 6) is 0.0325. The lowest BCUT2D eigenvalue weighted by Crippen LogP contribution is -2.57. The van der Waals surface area contributed by atoms with Gasteiger partial charge in [-0.1, -0.05) is 30.3 Å². The molecule has 0 saturated carbocycles. The molecule has 2 N–H and O–H groups in total. The maximum atomic E-state index is 13.0. The molecule has 5 heteroatoms. The lowest BCUT2D eigenvalue weighted by atomic mass is 9.91. The molecule has 2 fully saturated rings. The highest BCUT2D eigenvalue weighted by Crippen LogP contribution is 2.23. The number of hydrogen-bond donors (Lipinski definition) is 1. The van der Waals surface area contributed by atoms with Gasteiger partial charge in [-0.25, -0.2) is 0 Å². The molecule has 1 aromatic carbocycles. The summed E-state index contributed by atoms with van der Waals surface area (Å²) in [6.07, 6.45) is 2.63. The Hall–Kier alpha value is -1.43. The fourth-order valence-electron chi connectivity index (χ4n) is 4.36. The van der Waals surface area contributed by atoms with E-state index in [1.807, 2.05) is 42.2 Å². The van der Waals surface area contributed by atoms with Gasteiger partial charge < -0.3 is 10.6 Å². The first kappa shape index (κ1) is 19.3. The molecule has 2 heterocycles. The van der Waals surface area contributed by atoms with Crippen LogP contribution >= 0.6 is 0 Å². The van der Waals surface area contributed by atoms with Crippen LogP contribution < -0.4 is 5.73 Å². The normalized spacial score (nSPS) is 27.5. The highest BCUT2D eigenvalue weighted by molar-refractivity contribution is 5.87. The Balaban J connectivity index is 1.49. The molecule has 0 aliphatic carbocycles. The van der Waals surface area contributed by atoms with Gasteiger partial charge in [-0.05, 0) is 39.2 Å². The monoisotopic (exact) mass is 358 g/mol. The predicted molar refractivity (Wildman–Crippen MR) is 106 cm³/mol. The van der Waals surface area contributed by atoms with Gasteiger partial charge in [0.1, 0.15) is 5.54 Å². The van der Waals surface area contributed by atoms with Crippen LogP contribution in [-0.2, 0) is 10.3 Å². The van der Waals surface area contributed by atoms with Crippen molar-refractivity contribution in [3.8, 4) is 0 Å². The lowest BCUT2D eigenvalue weighted by molar-refractivity contribution is -0.138. The first-order valence-corrected chi connectivity index (χ1v) is 10.0. The lowest BCUT2D eigenvalue weighted by Gasteiger charge is -2.39. The van der Waals surface area contributed by atoms with Crippen LogP contribution in [0.4, 0.5) is 0 Å². The van der Waals surface area contributed by atoms with Gasteiger partial charge in [0, 0.05) is 51.4 Å². The van der Waals surface area contributed by atoms with Crippen LogP contribution in [0.2, 0.25) is 0 Å². The van der Waals surface area contributed by atoms with Gasteiger partial charge in [-0.3, -0.25) is 14.6 Å². The van der Waals surface area contributed by atoms with Gasteiger partial charge in [0.05, 0.1) is 0 Å². The fourth-order valence-corrected chi connectivity index (χ4v) is 4.36. The van der Waals surface area contributed by atoms with E-state index in [-0.39, 0.29) is 5.91 Å². The topological polar surface area (TPSA) is 52.8 Å². The number of carbonyl (C=O) groups is 1. The van der Waals surface area contributed by atoms with E-state index < -0.39 is 5.54 Å². The van der Waals surface area contributed by atoms with E-state index in [4.69, 9.17) is 5.73 Å². The van der Waals surface area contributed by atoms with Crippen molar-refractivity contribution in [3.63, 3.8) is 0 Å². The summed E-state index contributed by atoms with van der Waals surface area (Å²) in [5.41, 5.74) is 6.33. The molecule has 3 atom stereocenters. The average Bonchev–Trinajstić information content (AvgIpc) is 2.98. The van der Waals surface area contributed by atoms with Crippen molar-refractivity contribution in [1.29, 1.82) is 0 Å². The zero-order valence-electron chi connectivity index (χ0n) is 16.5. The first-order valence-electron chi connectivity index (χ1n) is 10.0. The summed E-state index contributed by atoms with van der Waals surface area (Å²) in [7, 11) is 0.